The van der Waals surface area contributed by atoms with E-state index in [2.05, 4.69) is 0 Å². The van der Waals surface area contributed by atoms with Crippen LogP contribution in [0.4, 0.5) is 0 Å². The first-order valence-corrected chi connectivity index (χ1v) is 2.51. The van der Waals surface area contributed by atoms with Crippen molar-refractivity contribution in [3.63, 3.8) is 0 Å². The van der Waals surface area contributed by atoms with Gasteiger partial charge in [0.25, 0.3) is 0 Å². The molecule has 5 heteroatoms. The zero-order valence-corrected chi connectivity index (χ0v) is 5.21. The predicted octanol–water partition coefficient (Wildman–Crippen LogP) is 0.271. The second kappa shape index (κ2) is 1.87. The summed E-state index contributed by atoms with van der Waals surface area (Å²) in [4.78, 5) is 0. The van der Waals surface area contributed by atoms with Crippen LogP contribution in [0.3, 0.4) is 0 Å². The Hall–Kier alpha value is -0.780. The molecular weight excluding hydrogens is 122 g/mol. The van der Waals surface area contributed by atoms with E-state index in [-0.39, 0.29) is 0 Å². The van der Waals surface area contributed by atoms with Gasteiger partial charge in [0.2, 0.25) is 0 Å². The summed E-state index contributed by atoms with van der Waals surface area (Å²) < 4.78 is 0. The molecule has 0 bridgehead atoms. The van der Waals surface area contributed by atoms with Gasteiger partial charge in [0.05, 0.1) is 0 Å². The van der Waals surface area contributed by atoms with E-state index < -0.39 is 0 Å². The third-order valence-corrected chi connectivity index (χ3v) is 1.31. The van der Waals surface area contributed by atoms with Crippen molar-refractivity contribution in [2.75, 3.05) is 0 Å². The van der Waals surface area contributed by atoms with Crippen LogP contribution in [0.25, 0.3) is 0 Å². The van der Waals surface area contributed by atoms with Crippen molar-refractivity contribution in [1.29, 1.82) is 0 Å². The van der Waals surface area contributed by atoms with Crippen molar-refractivity contribution in [2.24, 2.45) is 0 Å². The van der Waals surface area contributed by atoms with Crippen LogP contribution in [-0.4, -0.2) is 10.3 Å². The van der Waals surface area contributed by atoms with E-state index in [1.54, 1.807) is 13.8 Å². The third kappa shape index (κ3) is 0.849. The quantitative estimate of drug-likeness (QED) is 0.508. The zero-order chi connectivity index (χ0) is 7.02. The molecule has 5 nitrogen and oxygen atoms in total. The number of hydrazine groups is 2. The zero-order valence-electron chi connectivity index (χ0n) is 5.21. The van der Waals surface area contributed by atoms with Gasteiger partial charge in [0.15, 0.2) is 0 Å². The number of hydrogen-bond acceptors (Lipinski definition) is 5. The molecular formula is C4H7N3O2-2. The summed E-state index contributed by atoms with van der Waals surface area (Å²) in [6.45, 7) is 3.15. The van der Waals surface area contributed by atoms with Crippen LogP contribution >= 0.6 is 0 Å². The van der Waals surface area contributed by atoms with Crippen molar-refractivity contribution >= 4 is 0 Å². The summed E-state index contributed by atoms with van der Waals surface area (Å²) in [6, 6.07) is 0. The van der Waals surface area contributed by atoms with Crippen LogP contribution in [-0.2, 0) is 0 Å². The first-order chi connectivity index (χ1) is 4.13. The highest BCUT2D eigenvalue weighted by Gasteiger charge is 2.07. The molecule has 0 fully saturated rings. The molecule has 52 valence electrons. The molecule has 0 aromatic heterocycles. The molecule has 0 aromatic rings. The van der Waals surface area contributed by atoms with Gasteiger partial charge in [-0.1, -0.05) is 0 Å². The highest BCUT2D eigenvalue weighted by molar-refractivity contribution is 5.11. The van der Waals surface area contributed by atoms with Crippen LogP contribution in [0.5, 0.6) is 0 Å². The summed E-state index contributed by atoms with van der Waals surface area (Å²) in [5.41, 5.74) is 2.81. The van der Waals surface area contributed by atoms with Crippen molar-refractivity contribution < 1.29 is 0 Å². The molecule has 0 saturated heterocycles. The van der Waals surface area contributed by atoms with E-state index in [1.165, 1.54) is 0 Å². The maximum absolute atomic E-state index is 10.5. The molecule has 1 heterocycles. The van der Waals surface area contributed by atoms with Crippen LogP contribution < -0.4 is 5.53 Å². The van der Waals surface area contributed by atoms with Crippen molar-refractivity contribution in [3.8, 4) is 0 Å². The number of nitrogens with zero attached hydrogens (tertiary/aromatic N) is 2. The molecule has 9 heavy (non-hydrogen) atoms. The van der Waals surface area contributed by atoms with E-state index in [4.69, 9.17) is 0 Å². The lowest BCUT2D eigenvalue weighted by atomic mass is 10.4. The average molecular weight is 129 g/mol. The fraction of sp³-hybridized carbons (Fsp3) is 0.500. The van der Waals surface area contributed by atoms with E-state index in [1.807, 2.05) is 5.53 Å². The van der Waals surface area contributed by atoms with Crippen LogP contribution in [0.2, 0.25) is 0 Å². The van der Waals surface area contributed by atoms with Gasteiger partial charge in [0, 0.05) is 11.4 Å². The Kier molecular flexibility index (Phi) is 1.32. The molecule has 1 N–H and O–H groups in total. The Morgan fingerprint density at radius 3 is 1.56 bits per heavy atom. The van der Waals surface area contributed by atoms with Crippen molar-refractivity contribution in [3.05, 3.63) is 21.8 Å². The topological polar surface area (TPSA) is 64.6 Å². The Labute approximate surface area is 52.6 Å². The number of hydrogen-bond donors (Lipinski definition) is 1. The van der Waals surface area contributed by atoms with Gasteiger partial charge in [-0.25, -0.2) is 0 Å². The summed E-state index contributed by atoms with van der Waals surface area (Å²) in [7, 11) is 0. The smallest absolute Gasteiger partial charge is 0.0351 e. The van der Waals surface area contributed by atoms with E-state index in [0.717, 1.165) is 0 Å². The Balaban J connectivity index is 2.79. The average Bonchev–Trinajstić information content (AvgIpc) is 1.98. The summed E-state index contributed by atoms with van der Waals surface area (Å²) >= 11 is 0. The molecule has 1 rings (SSSR count). The van der Waals surface area contributed by atoms with Crippen molar-refractivity contribution in [2.45, 2.75) is 13.8 Å². The standard InChI is InChI=1S/C4H7N3O2/c1-3-4(2)7(9)5-6(3)8/h5H,1-2H3/q-2. The fourth-order valence-corrected chi connectivity index (χ4v) is 0.526. The molecule has 1 aliphatic heterocycles. The first-order valence-electron chi connectivity index (χ1n) is 2.51. The second-order valence-corrected chi connectivity index (χ2v) is 1.86. The van der Waals surface area contributed by atoms with Gasteiger partial charge in [0.1, 0.15) is 0 Å². The maximum Gasteiger partial charge on any atom is 0.0351 e. The molecule has 0 aliphatic carbocycles. The van der Waals surface area contributed by atoms with E-state index in [0.29, 0.717) is 21.7 Å². The predicted molar refractivity (Wildman–Crippen MR) is 31.9 cm³/mol. The number of hydroxylamine groups is 2. The van der Waals surface area contributed by atoms with E-state index in [9.17, 15) is 10.4 Å². The lowest BCUT2D eigenvalue weighted by Gasteiger charge is -2.31. The Bertz CT molecular complexity index is 140. The molecule has 0 atom stereocenters. The van der Waals surface area contributed by atoms with Crippen LogP contribution in [0.15, 0.2) is 11.4 Å². The molecule has 0 aromatic carbocycles. The van der Waals surface area contributed by atoms with E-state index >= 15 is 0 Å². The highest BCUT2D eigenvalue weighted by Crippen LogP contribution is 2.15. The molecule has 0 amide bonds. The highest BCUT2D eigenvalue weighted by atomic mass is 16.6. The first kappa shape index (κ1) is 6.34. The largest absolute Gasteiger partial charge is 0.742 e. The van der Waals surface area contributed by atoms with Crippen LogP contribution in [0, 0.1) is 10.4 Å². The van der Waals surface area contributed by atoms with Gasteiger partial charge in [-0.2, -0.15) is 5.53 Å². The molecule has 1 aliphatic rings. The van der Waals surface area contributed by atoms with Crippen molar-refractivity contribution in [1.82, 2.24) is 15.9 Å². The van der Waals surface area contributed by atoms with Crippen LogP contribution in [0.1, 0.15) is 13.8 Å². The summed E-state index contributed by atoms with van der Waals surface area (Å²) in [5.74, 6) is 0. The monoisotopic (exact) mass is 129 g/mol. The Morgan fingerprint density at radius 2 is 1.44 bits per heavy atom. The normalized spacial score (nSPS) is 20.0. The molecule has 0 radical (unpaired) electrons. The van der Waals surface area contributed by atoms with Gasteiger partial charge in [-0.15, -0.1) is 0 Å². The molecule has 0 saturated carbocycles. The summed E-state index contributed by atoms with van der Waals surface area (Å²) in [5, 5.41) is 21.9. The Morgan fingerprint density at radius 1 is 1.11 bits per heavy atom. The lowest BCUT2D eigenvalue weighted by molar-refractivity contribution is 0.219. The minimum absolute atomic E-state index is 0.407. The number of rotatable bonds is 0. The maximum atomic E-state index is 10.5. The molecule has 0 spiro atoms. The fourth-order valence-electron chi connectivity index (χ4n) is 0.526. The number of nitrogens with one attached hydrogen (secondary N) is 1. The summed E-state index contributed by atoms with van der Waals surface area (Å²) in [6.07, 6.45) is 0. The van der Waals surface area contributed by atoms with Gasteiger partial charge in [-0.05, 0) is 13.8 Å². The van der Waals surface area contributed by atoms with Gasteiger partial charge in [-0.3, -0.25) is 0 Å². The minimum atomic E-state index is 0.407. The second-order valence-electron chi connectivity index (χ2n) is 1.86. The third-order valence-electron chi connectivity index (χ3n) is 1.31. The molecule has 0 unspecified atom stereocenters. The van der Waals surface area contributed by atoms with Gasteiger partial charge < -0.3 is 20.8 Å². The van der Waals surface area contributed by atoms with Gasteiger partial charge >= 0.3 is 0 Å². The number of allylic oxidation sites excluding steroid dienone is 2. The minimum Gasteiger partial charge on any atom is -0.742 e. The lowest BCUT2D eigenvalue weighted by Crippen LogP contribution is -2.33. The SMILES string of the molecule is CC1=C(C)N([O-])NN1[O-].